The van der Waals surface area contributed by atoms with Crippen LogP contribution in [-0.4, -0.2) is 35.4 Å². The van der Waals surface area contributed by atoms with Crippen LogP contribution < -0.4 is 10.9 Å². The van der Waals surface area contributed by atoms with Crippen LogP contribution in [0.5, 0.6) is 0 Å². The zero-order valence-corrected chi connectivity index (χ0v) is 13.8. The van der Waals surface area contributed by atoms with Gasteiger partial charge in [0.25, 0.3) is 11.5 Å². The minimum atomic E-state index is -0.314. The second kappa shape index (κ2) is 6.44. The molecule has 1 unspecified atom stereocenters. The number of nitrogens with zero attached hydrogens (tertiary/aromatic N) is 1. The van der Waals surface area contributed by atoms with Gasteiger partial charge in [-0.2, -0.15) is 0 Å². The molecule has 0 radical (unpaired) electrons. The molecular weight excluding hydrogens is 321 g/mol. The van der Waals surface area contributed by atoms with Gasteiger partial charge in [0, 0.05) is 31.4 Å². The van der Waals surface area contributed by atoms with Gasteiger partial charge in [-0.05, 0) is 48.6 Å². The molecule has 25 heavy (non-hydrogen) atoms. The summed E-state index contributed by atoms with van der Waals surface area (Å²) in [5.41, 5.74) is 1.72. The van der Waals surface area contributed by atoms with E-state index >= 15 is 0 Å². The van der Waals surface area contributed by atoms with E-state index in [0.717, 1.165) is 24.1 Å². The molecule has 130 valence electrons. The molecule has 1 amide bonds. The number of amides is 1. The maximum atomic E-state index is 13.1. The van der Waals surface area contributed by atoms with Crippen LogP contribution in [0.15, 0.2) is 41.2 Å². The maximum absolute atomic E-state index is 13.1. The van der Waals surface area contributed by atoms with Crippen molar-refractivity contribution < 1.29 is 9.18 Å². The fraction of sp³-hybridized carbons (Fsp3) is 0.368. The first-order valence-corrected chi connectivity index (χ1v) is 8.63. The fourth-order valence-corrected chi connectivity index (χ4v) is 3.31. The molecule has 1 aromatic carbocycles. The van der Waals surface area contributed by atoms with Gasteiger partial charge in [0.15, 0.2) is 0 Å². The lowest BCUT2D eigenvalue weighted by molar-refractivity contribution is 0.0701. The fourth-order valence-electron chi connectivity index (χ4n) is 3.31. The molecular formula is C19H20FN3O2. The van der Waals surface area contributed by atoms with E-state index in [1.165, 1.54) is 12.1 Å². The van der Waals surface area contributed by atoms with Crippen LogP contribution in [0.3, 0.4) is 0 Å². The number of hydrogen-bond acceptors (Lipinski definition) is 3. The highest BCUT2D eigenvalue weighted by Gasteiger charge is 2.28. The summed E-state index contributed by atoms with van der Waals surface area (Å²) in [6, 6.07) is 9.70. The van der Waals surface area contributed by atoms with E-state index in [-0.39, 0.29) is 28.9 Å². The molecule has 1 saturated heterocycles. The van der Waals surface area contributed by atoms with E-state index in [1.54, 1.807) is 23.1 Å². The molecule has 1 aliphatic carbocycles. The minimum absolute atomic E-state index is 0.0666. The van der Waals surface area contributed by atoms with Crippen molar-refractivity contribution in [1.29, 1.82) is 0 Å². The van der Waals surface area contributed by atoms with Gasteiger partial charge in [-0.3, -0.25) is 9.59 Å². The van der Waals surface area contributed by atoms with Crippen molar-refractivity contribution in [3.05, 3.63) is 69.4 Å². The lowest BCUT2D eigenvalue weighted by Gasteiger charge is -2.34. The molecule has 2 heterocycles. The van der Waals surface area contributed by atoms with Crippen LogP contribution in [-0.2, 0) is 0 Å². The Morgan fingerprint density at radius 2 is 1.88 bits per heavy atom. The molecule has 2 fully saturated rings. The Kier molecular flexibility index (Phi) is 4.13. The van der Waals surface area contributed by atoms with Crippen molar-refractivity contribution in [1.82, 2.24) is 15.2 Å². The van der Waals surface area contributed by atoms with E-state index in [1.807, 2.05) is 6.07 Å². The molecule has 2 aliphatic rings. The number of aromatic amines is 1. The van der Waals surface area contributed by atoms with Gasteiger partial charge >= 0.3 is 0 Å². The second-order valence-electron chi connectivity index (χ2n) is 6.74. The molecule has 0 bridgehead atoms. The Morgan fingerprint density at radius 3 is 2.56 bits per heavy atom. The average Bonchev–Trinajstić information content (AvgIpc) is 3.47. The van der Waals surface area contributed by atoms with Crippen LogP contribution in [0.1, 0.15) is 46.4 Å². The third-order valence-electron chi connectivity index (χ3n) is 4.91. The summed E-state index contributed by atoms with van der Waals surface area (Å²) in [7, 11) is 0. The third kappa shape index (κ3) is 3.35. The van der Waals surface area contributed by atoms with Crippen LogP contribution in [0, 0.1) is 5.82 Å². The molecule has 2 aromatic rings. The maximum Gasteiger partial charge on any atom is 0.261 e. The molecule has 6 heteroatoms. The lowest BCUT2D eigenvalue weighted by Crippen LogP contribution is -2.49. The van der Waals surface area contributed by atoms with Crippen molar-refractivity contribution in [3.8, 4) is 0 Å². The smallest absolute Gasteiger partial charge is 0.261 e. The first kappa shape index (κ1) is 16.0. The predicted molar refractivity (Wildman–Crippen MR) is 92.1 cm³/mol. The quantitative estimate of drug-likeness (QED) is 0.899. The number of nitrogens with one attached hydrogen (secondary N) is 2. The summed E-state index contributed by atoms with van der Waals surface area (Å²) in [6.07, 6.45) is 2.20. The zero-order valence-electron chi connectivity index (χ0n) is 13.8. The van der Waals surface area contributed by atoms with Gasteiger partial charge in [0.1, 0.15) is 11.4 Å². The summed E-state index contributed by atoms with van der Waals surface area (Å²) in [4.78, 5) is 29.6. The Morgan fingerprint density at radius 1 is 1.12 bits per heavy atom. The van der Waals surface area contributed by atoms with Gasteiger partial charge in [-0.1, -0.05) is 12.1 Å². The average molecular weight is 341 g/mol. The Balaban J connectivity index is 1.51. The number of hydrogen-bond donors (Lipinski definition) is 2. The number of carbonyl (C=O) groups excluding carboxylic acids is 1. The summed E-state index contributed by atoms with van der Waals surface area (Å²) in [6.45, 7) is 1.63. The van der Waals surface area contributed by atoms with Crippen molar-refractivity contribution in [2.45, 2.75) is 24.8 Å². The van der Waals surface area contributed by atoms with Gasteiger partial charge in [0.05, 0.1) is 0 Å². The largest absolute Gasteiger partial charge is 0.335 e. The van der Waals surface area contributed by atoms with Gasteiger partial charge < -0.3 is 15.2 Å². The van der Waals surface area contributed by atoms with Crippen LogP contribution in [0.25, 0.3) is 0 Å². The molecule has 5 nitrogen and oxygen atoms in total. The molecule has 0 spiro atoms. The summed E-state index contributed by atoms with van der Waals surface area (Å²) < 4.78 is 13.1. The first-order chi connectivity index (χ1) is 12.1. The topological polar surface area (TPSA) is 65.2 Å². The normalized spacial score (nSPS) is 20.5. The third-order valence-corrected chi connectivity index (χ3v) is 4.91. The van der Waals surface area contributed by atoms with E-state index in [9.17, 15) is 14.0 Å². The van der Waals surface area contributed by atoms with E-state index in [4.69, 9.17) is 0 Å². The number of pyridine rings is 1. The van der Waals surface area contributed by atoms with E-state index < -0.39 is 0 Å². The lowest BCUT2D eigenvalue weighted by atomic mass is 10.0. The summed E-state index contributed by atoms with van der Waals surface area (Å²) >= 11 is 0. The van der Waals surface area contributed by atoms with Crippen molar-refractivity contribution in [3.63, 3.8) is 0 Å². The number of rotatable bonds is 3. The van der Waals surface area contributed by atoms with Crippen molar-refractivity contribution in [2.24, 2.45) is 0 Å². The highest BCUT2D eigenvalue weighted by Crippen LogP contribution is 2.38. The Hall–Kier alpha value is -2.47. The first-order valence-electron chi connectivity index (χ1n) is 8.63. The predicted octanol–water partition coefficient (Wildman–Crippen LogP) is 2.18. The monoisotopic (exact) mass is 341 g/mol. The number of carbonyl (C=O) groups is 1. The standard InChI is InChI=1S/C19H20FN3O2/c20-14-5-3-13(4-6-14)17-11-23(10-9-21-17)19(25)15-7-8-16(12-1-2-12)22-18(15)24/h3-8,12,17,21H,1-2,9-11H2,(H,22,24). The van der Waals surface area contributed by atoms with Gasteiger partial charge in [-0.25, -0.2) is 4.39 Å². The molecule has 1 atom stereocenters. The second-order valence-corrected chi connectivity index (χ2v) is 6.74. The SMILES string of the molecule is O=C(c1ccc(C2CC2)[nH]c1=O)N1CCNC(c2ccc(F)cc2)C1. The number of benzene rings is 1. The summed E-state index contributed by atoms with van der Waals surface area (Å²) in [5, 5.41) is 3.34. The number of halogens is 1. The van der Waals surface area contributed by atoms with E-state index in [2.05, 4.69) is 10.3 Å². The molecule has 4 rings (SSSR count). The Labute approximate surface area is 144 Å². The van der Waals surface area contributed by atoms with Gasteiger partial charge in [0.2, 0.25) is 0 Å². The summed E-state index contributed by atoms with van der Waals surface area (Å²) in [5.74, 6) is -0.0918. The van der Waals surface area contributed by atoms with Crippen LogP contribution >= 0.6 is 0 Å². The molecule has 1 saturated carbocycles. The number of piperazine rings is 1. The highest BCUT2D eigenvalue weighted by molar-refractivity contribution is 5.94. The number of aromatic nitrogens is 1. The molecule has 1 aliphatic heterocycles. The van der Waals surface area contributed by atoms with Crippen LogP contribution in [0.4, 0.5) is 4.39 Å². The van der Waals surface area contributed by atoms with Gasteiger partial charge in [-0.15, -0.1) is 0 Å². The minimum Gasteiger partial charge on any atom is -0.335 e. The van der Waals surface area contributed by atoms with Crippen molar-refractivity contribution >= 4 is 5.91 Å². The van der Waals surface area contributed by atoms with Crippen LogP contribution in [0.2, 0.25) is 0 Å². The highest BCUT2D eigenvalue weighted by atomic mass is 19.1. The zero-order chi connectivity index (χ0) is 17.4. The molecule has 1 aromatic heterocycles. The number of H-pyrrole nitrogens is 1. The molecule has 2 N–H and O–H groups in total. The Bertz CT molecular complexity index is 842. The van der Waals surface area contributed by atoms with E-state index in [0.29, 0.717) is 25.6 Å². The van der Waals surface area contributed by atoms with Crippen molar-refractivity contribution in [2.75, 3.05) is 19.6 Å².